The van der Waals surface area contributed by atoms with Crippen molar-refractivity contribution in [1.82, 2.24) is 0 Å². The Labute approximate surface area is 124 Å². The van der Waals surface area contributed by atoms with E-state index in [0.717, 1.165) is 24.8 Å². The fourth-order valence-electron chi connectivity index (χ4n) is 2.69. The molecule has 0 N–H and O–H groups in total. The van der Waals surface area contributed by atoms with Crippen LogP contribution in [0.15, 0.2) is 24.3 Å². The van der Waals surface area contributed by atoms with Gasteiger partial charge in [0.1, 0.15) is 5.82 Å². The highest BCUT2D eigenvalue weighted by molar-refractivity contribution is 6.22. The van der Waals surface area contributed by atoms with Gasteiger partial charge in [-0.05, 0) is 43.9 Å². The lowest BCUT2D eigenvalue weighted by Gasteiger charge is -2.32. The van der Waals surface area contributed by atoms with Crippen LogP contribution in [0, 0.1) is 5.82 Å². The molecule has 1 aliphatic heterocycles. The van der Waals surface area contributed by atoms with Gasteiger partial charge in [0, 0.05) is 17.2 Å². The maximum atomic E-state index is 13.0. The van der Waals surface area contributed by atoms with Gasteiger partial charge in [-0.1, -0.05) is 12.1 Å². The summed E-state index contributed by atoms with van der Waals surface area (Å²) >= 11 is 12.4. The zero-order chi connectivity index (χ0) is 13.9. The van der Waals surface area contributed by atoms with Gasteiger partial charge in [-0.25, -0.2) is 4.39 Å². The van der Waals surface area contributed by atoms with Crippen molar-refractivity contribution in [2.75, 3.05) is 11.8 Å². The predicted molar refractivity (Wildman–Crippen MR) is 77.7 cm³/mol. The minimum absolute atomic E-state index is 0.192. The van der Waals surface area contributed by atoms with Crippen molar-refractivity contribution in [3.8, 4) is 0 Å². The minimum Gasteiger partial charge on any atom is -0.375 e. The van der Waals surface area contributed by atoms with Gasteiger partial charge in [0.25, 0.3) is 0 Å². The van der Waals surface area contributed by atoms with Crippen LogP contribution in [-0.4, -0.2) is 24.0 Å². The second-order valence-electron chi connectivity index (χ2n) is 5.40. The van der Waals surface area contributed by atoms with E-state index in [2.05, 4.69) is 6.92 Å². The lowest BCUT2D eigenvalue weighted by atomic mass is 9.79. The van der Waals surface area contributed by atoms with Gasteiger partial charge in [0.2, 0.25) is 0 Å². The highest BCUT2D eigenvalue weighted by Crippen LogP contribution is 2.36. The standard InChI is InChI=1S/C15H19Cl2FO/c1-11-2-7-14(19-11)8-15(9-16,10-17)12-3-5-13(18)6-4-12/h3-6,11,14H,2,7-10H2,1H3. The summed E-state index contributed by atoms with van der Waals surface area (Å²) in [6.07, 6.45) is 3.40. The van der Waals surface area contributed by atoms with Crippen LogP contribution in [0.3, 0.4) is 0 Å². The molecule has 0 aliphatic carbocycles. The Kier molecular flexibility index (Phi) is 5.10. The first-order valence-electron chi connectivity index (χ1n) is 6.63. The van der Waals surface area contributed by atoms with Gasteiger partial charge in [-0.15, -0.1) is 23.2 Å². The molecule has 0 bridgehead atoms. The first kappa shape index (κ1) is 15.1. The summed E-state index contributed by atoms with van der Waals surface area (Å²) in [5.74, 6) is 0.583. The molecule has 2 rings (SSSR count). The molecule has 2 atom stereocenters. The molecular formula is C15H19Cl2FO. The number of rotatable bonds is 5. The number of ether oxygens (including phenoxy) is 1. The highest BCUT2D eigenvalue weighted by Gasteiger charge is 2.36. The van der Waals surface area contributed by atoms with Crippen LogP contribution >= 0.6 is 23.2 Å². The summed E-state index contributed by atoms with van der Waals surface area (Å²) in [6, 6.07) is 6.47. The van der Waals surface area contributed by atoms with E-state index in [1.165, 1.54) is 12.1 Å². The van der Waals surface area contributed by atoms with Crippen LogP contribution in [0.4, 0.5) is 4.39 Å². The zero-order valence-electron chi connectivity index (χ0n) is 11.0. The molecule has 1 heterocycles. The van der Waals surface area contributed by atoms with Crippen LogP contribution in [0.1, 0.15) is 31.7 Å². The van der Waals surface area contributed by atoms with Gasteiger partial charge in [0.15, 0.2) is 0 Å². The van der Waals surface area contributed by atoms with Gasteiger partial charge in [-0.3, -0.25) is 0 Å². The van der Waals surface area contributed by atoms with Gasteiger partial charge >= 0.3 is 0 Å². The first-order chi connectivity index (χ1) is 9.09. The van der Waals surface area contributed by atoms with Crippen LogP contribution < -0.4 is 0 Å². The number of hydrogen-bond acceptors (Lipinski definition) is 1. The van der Waals surface area contributed by atoms with Gasteiger partial charge in [-0.2, -0.15) is 0 Å². The quantitative estimate of drug-likeness (QED) is 0.728. The summed E-state index contributed by atoms with van der Waals surface area (Å²) in [4.78, 5) is 0. The molecule has 0 spiro atoms. The lowest BCUT2D eigenvalue weighted by molar-refractivity contribution is 0.0400. The Hall–Kier alpha value is -0.310. The van der Waals surface area contributed by atoms with Crippen molar-refractivity contribution in [2.45, 2.75) is 43.8 Å². The maximum absolute atomic E-state index is 13.0. The van der Waals surface area contributed by atoms with Gasteiger partial charge in [0.05, 0.1) is 12.2 Å². The zero-order valence-corrected chi connectivity index (χ0v) is 12.6. The van der Waals surface area contributed by atoms with Crippen LogP contribution in [0.25, 0.3) is 0 Å². The second-order valence-corrected chi connectivity index (χ2v) is 5.94. The molecule has 1 saturated heterocycles. The van der Waals surface area contributed by atoms with E-state index < -0.39 is 0 Å². The summed E-state index contributed by atoms with van der Waals surface area (Å²) in [5, 5.41) is 0. The number of halogens is 3. The van der Waals surface area contributed by atoms with Crippen molar-refractivity contribution in [2.24, 2.45) is 0 Å². The average Bonchev–Trinajstić information content (AvgIpc) is 2.82. The molecule has 1 fully saturated rings. The second kappa shape index (κ2) is 6.43. The van der Waals surface area contributed by atoms with E-state index in [1.807, 2.05) is 0 Å². The van der Waals surface area contributed by atoms with E-state index in [9.17, 15) is 4.39 Å². The molecular weight excluding hydrogens is 286 g/mol. The Bertz CT molecular complexity index is 403. The molecule has 0 amide bonds. The van der Waals surface area contributed by atoms with E-state index in [1.54, 1.807) is 12.1 Å². The van der Waals surface area contributed by atoms with Gasteiger partial charge < -0.3 is 4.74 Å². The number of benzene rings is 1. The Morgan fingerprint density at radius 2 is 1.84 bits per heavy atom. The summed E-state index contributed by atoms with van der Waals surface area (Å²) in [5.41, 5.74) is 0.646. The van der Waals surface area contributed by atoms with E-state index in [-0.39, 0.29) is 17.3 Å². The van der Waals surface area contributed by atoms with E-state index in [0.29, 0.717) is 17.9 Å². The molecule has 19 heavy (non-hydrogen) atoms. The van der Waals surface area contributed by atoms with E-state index in [4.69, 9.17) is 27.9 Å². The van der Waals surface area contributed by atoms with Crippen LogP contribution in [0.2, 0.25) is 0 Å². The van der Waals surface area contributed by atoms with Crippen molar-refractivity contribution >= 4 is 23.2 Å². The minimum atomic E-state index is -0.342. The molecule has 1 aliphatic rings. The SMILES string of the molecule is CC1CCC(CC(CCl)(CCl)c2ccc(F)cc2)O1. The number of hydrogen-bond donors (Lipinski definition) is 0. The van der Waals surface area contributed by atoms with Crippen molar-refractivity contribution in [3.05, 3.63) is 35.6 Å². The Balaban J connectivity index is 2.19. The van der Waals surface area contributed by atoms with Crippen LogP contribution in [0.5, 0.6) is 0 Å². The van der Waals surface area contributed by atoms with Crippen molar-refractivity contribution < 1.29 is 9.13 Å². The molecule has 4 heteroatoms. The largest absolute Gasteiger partial charge is 0.375 e. The Morgan fingerprint density at radius 1 is 1.21 bits per heavy atom. The predicted octanol–water partition coefficient (Wildman–Crippen LogP) is 4.50. The molecule has 0 saturated carbocycles. The van der Waals surface area contributed by atoms with Crippen molar-refractivity contribution in [1.29, 1.82) is 0 Å². The maximum Gasteiger partial charge on any atom is 0.123 e. The average molecular weight is 305 g/mol. The third kappa shape index (κ3) is 3.42. The smallest absolute Gasteiger partial charge is 0.123 e. The fraction of sp³-hybridized carbons (Fsp3) is 0.600. The van der Waals surface area contributed by atoms with Crippen LogP contribution in [-0.2, 0) is 10.2 Å². The molecule has 2 unspecified atom stereocenters. The monoisotopic (exact) mass is 304 g/mol. The lowest BCUT2D eigenvalue weighted by Crippen LogP contribution is -2.35. The number of alkyl halides is 2. The third-order valence-electron chi connectivity index (χ3n) is 3.91. The topological polar surface area (TPSA) is 9.23 Å². The van der Waals surface area contributed by atoms with E-state index >= 15 is 0 Å². The Morgan fingerprint density at radius 3 is 2.32 bits per heavy atom. The fourth-order valence-corrected chi connectivity index (χ4v) is 3.50. The third-order valence-corrected chi connectivity index (χ3v) is 4.93. The van der Waals surface area contributed by atoms with Crippen molar-refractivity contribution in [3.63, 3.8) is 0 Å². The molecule has 106 valence electrons. The molecule has 1 aromatic rings. The molecule has 0 radical (unpaired) electrons. The highest BCUT2D eigenvalue weighted by atomic mass is 35.5. The first-order valence-corrected chi connectivity index (χ1v) is 7.70. The molecule has 0 aromatic heterocycles. The summed E-state index contributed by atoms with van der Waals surface area (Å²) in [6.45, 7) is 2.08. The summed E-state index contributed by atoms with van der Waals surface area (Å²) in [7, 11) is 0. The molecule has 1 nitrogen and oxygen atoms in total. The summed E-state index contributed by atoms with van der Waals surface area (Å²) < 4.78 is 18.9. The molecule has 1 aromatic carbocycles. The normalized spacial score (nSPS) is 23.8.